The Labute approximate surface area is 93.6 Å². The molecule has 2 rings (SSSR count). The lowest BCUT2D eigenvalue weighted by Gasteiger charge is -2.22. The maximum Gasteiger partial charge on any atom is 0.162 e. The third-order valence-corrected chi connectivity index (χ3v) is 2.79. The maximum absolute atomic E-state index is 10.0. The van der Waals surface area contributed by atoms with E-state index in [0.717, 1.165) is 0 Å². The molecule has 0 fully saturated rings. The Bertz CT molecular complexity index is 367. The van der Waals surface area contributed by atoms with E-state index in [9.17, 15) is 5.11 Å². The predicted octanol–water partition coefficient (Wildman–Crippen LogP) is 2.25. The molecule has 1 unspecified atom stereocenters. The molecule has 1 aliphatic heterocycles. The normalized spacial score (nSPS) is 24.7. The van der Waals surface area contributed by atoms with Crippen LogP contribution in [0.2, 0.25) is 5.02 Å². The van der Waals surface area contributed by atoms with E-state index in [1.165, 1.54) is 0 Å². The molecule has 0 amide bonds. The van der Waals surface area contributed by atoms with E-state index < -0.39 is 5.60 Å². The van der Waals surface area contributed by atoms with E-state index in [1.54, 1.807) is 18.2 Å². The van der Waals surface area contributed by atoms with Crippen LogP contribution < -0.4 is 9.47 Å². The van der Waals surface area contributed by atoms with Crippen LogP contribution >= 0.6 is 11.6 Å². The van der Waals surface area contributed by atoms with Crippen molar-refractivity contribution in [3.8, 4) is 11.5 Å². The summed E-state index contributed by atoms with van der Waals surface area (Å²) in [6.45, 7) is 2.38. The summed E-state index contributed by atoms with van der Waals surface area (Å²) < 4.78 is 11.0. The van der Waals surface area contributed by atoms with Crippen LogP contribution in [0.4, 0.5) is 0 Å². The lowest BCUT2D eigenvalue weighted by atomic mass is 10.0. The molecule has 0 bridgehead atoms. The van der Waals surface area contributed by atoms with Crippen LogP contribution in [0.25, 0.3) is 0 Å². The molecule has 1 N–H and O–H groups in total. The van der Waals surface area contributed by atoms with Crippen molar-refractivity contribution in [2.24, 2.45) is 0 Å². The molecule has 0 radical (unpaired) electrons. The maximum atomic E-state index is 10.0. The molecule has 4 heteroatoms. The molecule has 0 aromatic heterocycles. The standard InChI is InChI=1S/C11H13ClO3/c1-2-11(13)6-14-9-4-3-8(12)5-10(9)15-7-11/h3-5,13H,2,6-7H2,1H3. The summed E-state index contributed by atoms with van der Waals surface area (Å²) in [5, 5.41) is 10.6. The van der Waals surface area contributed by atoms with E-state index in [-0.39, 0.29) is 13.2 Å². The smallest absolute Gasteiger partial charge is 0.162 e. The predicted molar refractivity (Wildman–Crippen MR) is 57.7 cm³/mol. The summed E-state index contributed by atoms with van der Waals surface area (Å²) in [5.41, 5.74) is -0.911. The fraction of sp³-hybridized carbons (Fsp3) is 0.455. The van der Waals surface area contributed by atoms with Crippen LogP contribution in [0, 0.1) is 0 Å². The van der Waals surface area contributed by atoms with Crippen molar-refractivity contribution in [3.05, 3.63) is 23.2 Å². The summed E-state index contributed by atoms with van der Waals surface area (Å²) >= 11 is 5.84. The number of hydrogen-bond acceptors (Lipinski definition) is 3. The van der Waals surface area contributed by atoms with Gasteiger partial charge in [0.15, 0.2) is 11.5 Å². The number of ether oxygens (including phenoxy) is 2. The molecule has 82 valence electrons. The molecule has 3 nitrogen and oxygen atoms in total. The van der Waals surface area contributed by atoms with Gasteiger partial charge in [-0.3, -0.25) is 0 Å². The van der Waals surface area contributed by atoms with Gasteiger partial charge in [-0.05, 0) is 18.6 Å². The lowest BCUT2D eigenvalue weighted by Crippen LogP contribution is -2.39. The third kappa shape index (κ3) is 2.19. The highest BCUT2D eigenvalue weighted by atomic mass is 35.5. The van der Waals surface area contributed by atoms with Crippen LogP contribution in [0.3, 0.4) is 0 Å². The minimum atomic E-state index is -0.911. The largest absolute Gasteiger partial charge is 0.487 e. The SMILES string of the molecule is CCC1(O)COc2ccc(Cl)cc2OC1. The number of rotatable bonds is 1. The minimum Gasteiger partial charge on any atom is -0.487 e. The van der Waals surface area contributed by atoms with Crippen LogP contribution in [-0.2, 0) is 0 Å². The first-order chi connectivity index (χ1) is 7.13. The van der Waals surface area contributed by atoms with Crippen molar-refractivity contribution in [1.82, 2.24) is 0 Å². The zero-order valence-electron chi connectivity index (χ0n) is 8.50. The summed E-state index contributed by atoms with van der Waals surface area (Å²) in [4.78, 5) is 0. The minimum absolute atomic E-state index is 0.233. The highest BCUT2D eigenvalue weighted by Gasteiger charge is 2.30. The fourth-order valence-electron chi connectivity index (χ4n) is 1.38. The number of aliphatic hydroxyl groups is 1. The van der Waals surface area contributed by atoms with Crippen LogP contribution in [0.1, 0.15) is 13.3 Å². The molecule has 1 aromatic rings. The van der Waals surface area contributed by atoms with Gasteiger partial charge in [0.1, 0.15) is 18.8 Å². The topological polar surface area (TPSA) is 38.7 Å². The van der Waals surface area contributed by atoms with Gasteiger partial charge in [-0.15, -0.1) is 0 Å². The Morgan fingerprint density at radius 3 is 2.67 bits per heavy atom. The summed E-state index contributed by atoms with van der Waals surface area (Å²) in [7, 11) is 0. The second-order valence-corrected chi connectivity index (χ2v) is 4.18. The Balaban J connectivity index is 2.25. The van der Waals surface area contributed by atoms with Gasteiger partial charge in [-0.25, -0.2) is 0 Å². The summed E-state index contributed by atoms with van der Waals surface area (Å²) in [6.07, 6.45) is 0.592. The lowest BCUT2D eigenvalue weighted by molar-refractivity contribution is -0.0307. The van der Waals surface area contributed by atoms with Crippen LogP contribution in [-0.4, -0.2) is 23.9 Å². The second-order valence-electron chi connectivity index (χ2n) is 3.75. The zero-order valence-corrected chi connectivity index (χ0v) is 9.25. The molecular formula is C11H13ClO3. The molecular weight excluding hydrogens is 216 g/mol. The van der Waals surface area contributed by atoms with Crippen molar-refractivity contribution in [1.29, 1.82) is 0 Å². The first-order valence-electron chi connectivity index (χ1n) is 4.90. The molecule has 1 aliphatic rings. The van der Waals surface area contributed by atoms with Crippen LogP contribution in [0.5, 0.6) is 11.5 Å². The van der Waals surface area contributed by atoms with Crippen molar-refractivity contribution >= 4 is 11.6 Å². The molecule has 0 aliphatic carbocycles. The van der Waals surface area contributed by atoms with E-state index >= 15 is 0 Å². The number of hydrogen-bond donors (Lipinski definition) is 1. The van der Waals surface area contributed by atoms with Gasteiger partial charge in [0.25, 0.3) is 0 Å². The van der Waals surface area contributed by atoms with Gasteiger partial charge >= 0.3 is 0 Å². The second kappa shape index (κ2) is 3.91. The quantitative estimate of drug-likeness (QED) is 0.801. The van der Waals surface area contributed by atoms with Gasteiger partial charge < -0.3 is 14.6 Å². The van der Waals surface area contributed by atoms with Gasteiger partial charge in [0, 0.05) is 11.1 Å². The Morgan fingerprint density at radius 2 is 2.00 bits per heavy atom. The van der Waals surface area contributed by atoms with Crippen molar-refractivity contribution in [3.63, 3.8) is 0 Å². The van der Waals surface area contributed by atoms with E-state index in [0.29, 0.717) is 22.9 Å². The molecule has 1 aromatic carbocycles. The first kappa shape index (κ1) is 10.6. The molecule has 1 heterocycles. The highest BCUT2D eigenvalue weighted by Crippen LogP contribution is 2.34. The number of fused-ring (bicyclic) bond motifs is 1. The number of benzene rings is 1. The molecule has 0 saturated carbocycles. The number of halogens is 1. The first-order valence-corrected chi connectivity index (χ1v) is 5.28. The molecule has 1 atom stereocenters. The Morgan fingerprint density at radius 1 is 1.33 bits per heavy atom. The van der Waals surface area contributed by atoms with Gasteiger partial charge in [0.05, 0.1) is 0 Å². The zero-order chi connectivity index (χ0) is 10.9. The Hall–Kier alpha value is -0.930. The molecule has 0 spiro atoms. The Kier molecular flexibility index (Phi) is 2.76. The average molecular weight is 229 g/mol. The summed E-state index contributed by atoms with van der Waals surface area (Å²) in [5.74, 6) is 1.22. The highest BCUT2D eigenvalue weighted by molar-refractivity contribution is 6.30. The van der Waals surface area contributed by atoms with Crippen molar-refractivity contribution in [2.75, 3.05) is 13.2 Å². The van der Waals surface area contributed by atoms with Crippen molar-refractivity contribution in [2.45, 2.75) is 18.9 Å². The fourth-order valence-corrected chi connectivity index (χ4v) is 1.55. The molecule has 0 saturated heterocycles. The summed E-state index contributed by atoms with van der Waals surface area (Å²) in [6, 6.07) is 5.18. The van der Waals surface area contributed by atoms with Gasteiger partial charge in [0.2, 0.25) is 0 Å². The van der Waals surface area contributed by atoms with Gasteiger partial charge in [-0.1, -0.05) is 18.5 Å². The average Bonchev–Trinajstić information content (AvgIpc) is 2.40. The van der Waals surface area contributed by atoms with Gasteiger partial charge in [-0.2, -0.15) is 0 Å². The van der Waals surface area contributed by atoms with Crippen molar-refractivity contribution < 1.29 is 14.6 Å². The van der Waals surface area contributed by atoms with Crippen LogP contribution in [0.15, 0.2) is 18.2 Å². The molecule has 15 heavy (non-hydrogen) atoms. The monoisotopic (exact) mass is 228 g/mol. The van der Waals surface area contributed by atoms with E-state index in [1.807, 2.05) is 6.92 Å². The van der Waals surface area contributed by atoms with E-state index in [2.05, 4.69) is 0 Å². The van der Waals surface area contributed by atoms with E-state index in [4.69, 9.17) is 21.1 Å². The third-order valence-electron chi connectivity index (χ3n) is 2.56.